The predicted molar refractivity (Wildman–Crippen MR) is 78.6 cm³/mol. The van der Waals surface area contributed by atoms with Gasteiger partial charge < -0.3 is 9.72 Å². The summed E-state index contributed by atoms with van der Waals surface area (Å²) >= 11 is 0. The average molecular weight is 271 g/mol. The summed E-state index contributed by atoms with van der Waals surface area (Å²) in [6, 6.07) is 9.03. The van der Waals surface area contributed by atoms with Gasteiger partial charge in [-0.15, -0.1) is 0 Å². The Morgan fingerprint density at radius 2 is 2.20 bits per heavy atom. The lowest BCUT2D eigenvalue weighted by Gasteiger charge is -2.21. The molecule has 3 rings (SSSR count). The highest BCUT2D eigenvalue weighted by molar-refractivity contribution is 5.28. The summed E-state index contributed by atoms with van der Waals surface area (Å²) in [5.74, 6) is 0.925. The van der Waals surface area contributed by atoms with E-state index in [1.807, 2.05) is 6.07 Å². The van der Waals surface area contributed by atoms with E-state index < -0.39 is 0 Å². The number of nitrogens with zero attached hydrogens (tertiary/aromatic N) is 2. The molecule has 0 saturated heterocycles. The van der Waals surface area contributed by atoms with Crippen molar-refractivity contribution in [3.8, 4) is 5.75 Å². The van der Waals surface area contributed by atoms with Crippen LogP contribution in [-0.4, -0.2) is 28.0 Å². The number of aromatic nitrogens is 2. The summed E-state index contributed by atoms with van der Waals surface area (Å²) in [6.07, 6.45) is 4.38. The molecular formula is C16H21N3O. The van der Waals surface area contributed by atoms with Crippen LogP contribution in [0.2, 0.25) is 0 Å². The number of imidazole rings is 1. The Hall–Kier alpha value is -1.81. The third-order valence-electron chi connectivity index (χ3n) is 3.87. The topological polar surface area (TPSA) is 41.1 Å². The van der Waals surface area contributed by atoms with E-state index in [1.54, 1.807) is 13.4 Å². The van der Waals surface area contributed by atoms with Crippen LogP contribution in [0.1, 0.15) is 29.8 Å². The van der Waals surface area contributed by atoms with E-state index in [4.69, 9.17) is 4.74 Å². The zero-order valence-corrected chi connectivity index (χ0v) is 12.1. The number of methoxy groups -OCH3 is 1. The smallest absolute Gasteiger partial charge is 0.119 e. The number of nitrogens with one attached hydrogen (secondary N) is 1. The van der Waals surface area contributed by atoms with Crippen molar-refractivity contribution in [3.63, 3.8) is 0 Å². The first-order chi connectivity index (χ1) is 9.76. The fourth-order valence-corrected chi connectivity index (χ4v) is 2.50. The highest BCUT2D eigenvalue weighted by atomic mass is 16.5. The first-order valence-corrected chi connectivity index (χ1v) is 7.12. The second kappa shape index (κ2) is 5.67. The van der Waals surface area contributed by atoms with Crippen molar-refractivity contribution in [2.75, 3.05) is 7.11 Å². The van der Waals surface area contributed by atoms with Gasteiger partial charge in [-0.25, -0.2) is 4.98 Å². The predicted octanol–water partition coefficient (Wildman–Crippen LogP) is 2.89. The maximum absolute atomic E-state index is 5.30. The van der Waals surface area contributed by atoms with Gasteiger partial charge >= 0.3 is 0 Å². The minimum atomic E-state index is 0.706. The Labute approximate surface area is 119 Å². The molecule has 0 spiro atoms. The first-order valence-electron chi connectivity index (χ1n) is 7.12. The average Bonchev–Trinajstić information content (AvgIpc) is 3.23. The zero-order chi connectivity index (χ0) is 13.9. The number of aryl methyl sites for hydroxylation is 1. The summed E-state index contributed by atoms with van der Waals surface area (Å²) in [5, 5.41) is 0. The van der Waals surface area contributed by atoms with E-state index in [0.29, 0.717) is 6.04 Å². The summed E-state index contributed by atoms with van der Waals surface area (Å²) in [7, 11) is 1.71. The van der Waals surface area contributed by atoms with E-state index in [-0.39, 0.29) is 0 Å². The Bertz CT molecular complexity index is 575. The van der Waals surface area contributed by atoms with Gasteiger partial charge in [-0.2, -0.15) is 0 Å². The van der Waals surface area contributed by atoms with Gasteiger partial charge in [0.1, 0.15) is 5.75 Å². The number of ether oxygens (including phenoxy) is 1. The fourth-order valence-electron chi connectivity index (χ4n) is 2.50. The molecule has 1 N–H and O–H groups in total. The minimum absolute atomic E-state index is 0.706. The molecule has 0 amide bonds. The number of rotatable bonds is 6. The Morgan fingerprint density at radius 1 is 1.35 bits per heavy atom. The van der Waals surface area contributed by atoms with Crippen LogP contribution in [0.5, 0.6) is 5.75 Å². The van der Waals surface area contributed by atoms with Gasteiger partial charge in [0.15, 0.2) is 0 Å². The standard InChI is InChI=1S/C16H21N3O/c1-12-16(18-11-17-12)10-19(14-6-7-14)9-13-4-3-5-15(8-13)20-2/h3-5,8,11,14H,6-7,9-10H2,1-2H3,(H,17,18). The van der Waals surface area contributed by atoms with Gasteiger partial charge in [-0.05, 0) is 37.5 Å². The van der Waals surface area contributed by atoms with E-state index in [0.717, 1.165) is 24.5 Å². The number of hydrogen-bond acceptors (Lipinski definition) is 3. The molecule has 1 aromatic heterocycles. The van der Waals surface area contributed by atoms with Crippen molar-refractivity contribution in [2.45, 2.75) is 38.9 Å². The molecule has 1 aromatic carbocycles. The maximum atomic E-state index is 5.30. The number of H-pyrrole nitrogens is 1. The molecule has 1 fully saturated rings. The monoisotopic (exact) mass is 271 g/mol. The largest absolute Gasteiger partial charge is 0.497 e. The lowest BCUT2D eigenvalue weighted by atomic mass is 10.2. The summed E-state index contributed by atoms with van der Waals surface area (Å²) in [5.41, 5.74) is 3.62. The second-order valence-electron chi connectivity index (χ2n) is 5.46. The molecule has 0 atom stereocenters. The van der Waals surface area contributed by atoms with Crippen LogP contribution in [-0.2, 0) is 13.1 Å². The number of hydrogen-bond donors (Lipinski definition) is 1. The number of benzene rings is 1. The van der Waals surface area contributed by atoms with Crippen LogP contribution in [0.15, 0.2) is 30.6 Å². The van der Waals surface area contributed by atoms with Crippen LogP contribution < -0.4 is 4.74 Å². The second-order valence-corrected chi connectivity index (χ2v) is 5.46. The van der Waals surface area contributed by atoms with Gasteiger partial charge in [0.05, 0.1) is 19.1 Å². The van der Waals surface area contributed by atoms with Gasteiger partial charge in [-0.1, -0.05) is 12.1 Å². The molecule has 2 aromatic rings. The van der Waals surface area contributed by atoms with Crippen LogP contribution in [0, 0.1) is 6.92 Å². The van der Waals surface area contributed by atoms with E-state index in [1.165, 1.54) is 24.1 Å². The third kappa shape index (κ3) is 3.02. The molecular weight excluding hydrogens is 250 g/mol. The van der Waals surface area contributed by atoms with Crippen molar-refractivity contribution in [3.05, 3.63) is 47.5 Å². The van der Waals surface area contributed by atoms with Crippen LogP contribution in [0.4, 0.5) is 0 Å². The van der Waals surface area contributed by atoms with Gasteiger partial charge in [0.25, 0.3) is 0 Å². The lowest BCUT2D eigenvalue weighted by Crippen LogP contribution is -2.25. The molecule has 0 aliphatic heterocycles. The molecule has 1 heterocycles. The number of aromatic amines is 1. The molecule has 0 radical (unpaired) electrons. The van der Waals surface area contributed by atoms with Crippen LogP contribution in [0.25, 0.3) is 0 Å². The highest BCUT2D eigenvalue weighted by Gasteiger charge is 2.29. The van der Waals surface area contributed by atoms with Gasteiger partial charge in [0.2, 0.25) is 0 Å². The van der Waals surface area contributed by atoms with Gasteiger partial charge in [0, 0.05) is 24.8 Å². The third-order valence-corrected chi connectivity index (χ3v) is 3.87. The van der Waals surface area contributed by atoms with E-state index in [2.05, 4.69) is 40.0 Å². The van der Waals surface area contributed by atoms with Crippen molar-refractivity contribution < 1.29 is 4.74 Å². The first kappa shape index (κ1) is 13.2. The molecule has 4 heteroatoms. The van der Waals surface area contributed by atoms with Crippen LogP contribution in [0.3, 0.4) is 0 Å². The molecule has 4 nitrogen and oxygen atoms in total. The van der Waals surface area contributed by atoms with Crippen molar-refractivity contribution in [1.82, 2.24) is 14.9 Å². The molecule has 0 bridgehead atoms. The summed E-state index contributed by atoms with van der Waals surface area (Å²) in [4.78, 5) is 10.1. The van der Waals surface area contributed by atoms with Crippen LogP contribution >= 0.6 is 0 Å². The summed E-state index contributed by atoms with van der Waals surface area (Å²) < 4.78 is 5.30. The zero-order valence-electron chi connectivity index (χ0n) is 12.1. The minimum Gasteiger partial charge on any atom is -0.497 e. The van der Waals surface area contributed by atoms with Crippen molar-refractivity contribution in [2.24, 2.45) is 0 Å². The Kier molecular flexibility index (Phi) is 3.74. The SMILES string of the molecule is COc1cccc(CN(Cc2nc[nH]c2C)C2CC2)c1. The molecule has 1 saturated carbocycles. The fraction of sp³-hybridized carbons (Fsp3) is 0.438. The normalized spacial score (nSPS) is 14.8. The molecule has 20 heavy (non-hydrogen) atoms. The molecule has 1 aliphatic carbocycles. The Morgan fingerprint density at radius 3 is 2.85 bits per heavy atom. The van der Waals surface area contributed by atoms with E-state index in [9.17, 15) is 0 Å². The quantitative estimate of drug-likeness (QED) is 0.878. The van der Waals surface area contributed by atoms with Crippen molar-refractivity contribution in [1.29, 1.82) is 0 Å². The van der Waals surface area contributed by atoms with E-state index >= 15 is 0 Å². The maximum Gasteiger partial charge on any atom is 0.119 e. The lowest BCUT2D eigenvalue weighted by molar-refractivity contribution is 0.242. The van der Waals surface area contributed by atoms with Gasteiger partial charge in [-0.3, -0.25) is 4.90 Å². The van der Waals surface area contributed by atoms with Crippen molar-refractivity contribution >= 4 is 0 Å². The summed E-state index contributed by atoms with van der Waals surface area (Å²) in [6.45, 7) is 3.95. The molecule has 106 valence electrons. The Balaban J connectivity index is 1.72. The molecule has 0 unspecified atom stereocenters. The highest BCUT2D eigenvalue weighted by Crippen LogP contribution is 2.30. The molecule has 1 aliphatic rings.